The molecule has 2 aliphatic rings. The van der Waals surface area contributed by atoms with E-state index in [2.05, 4.69) is 20.8 Å². The van der Waals surface area contributed by atoms with Crippen LogP contribution in [-0.2, 0) is 4.79 Å². The van der Waals surface area contributed by atoms with Crippen LogP contribution in [0.4, 0.5) is 4.79 Å². The van der Waals surface area contributed by atoms with Crippen LogP contribution in [-0.4, -0.2) is 52.6 Å². The molecule has 5 atom stereocenters. The van der Waals surface area contributed by atoms with E-state index >= 15 is 0 Å². The van der Waals surface area contributed by atoms with E-state index in [1.807, 2.05) is 11.8 Å². The molecule has 5 nitrogen and oxygen atoms in total. The first-order valence-electron chi connectivity index (χ1n) is 7.59. The van der Waals surface area contributed by atoms with Crippen molar-refractivity contribution in [2.24, 2.45) is 23.7 Å². The molecule has 2 rings (SSSR count). The summed E-state index contributed by atoms with van der Waals surface area (Å²) in [7, 11) is 0. The van der Waals surface area contributed by atoms with Gasteiger partial charge in [0.15, 0.2) is 0 Å². The van der Waals surface area contributed by atoms with Gasteiger partial charge >= 0.3 is 12.0 Å². The Kier molecular flexibility index (Phi) is 4.25. The monoisotopic (exact) mass is 282 g/mol. The number of urea groups is 1. The highest BCUT2D eigenvalue weighted by atomic mass is 16.4. The molecule has 5 heteroatoms. The maximum Gasteiger partial charge on any atom is 0.320 e. The second-order valence-corrected chi connectivity index (χ2v) is 6.82. The van der Waals surface area contributed by atoms with Gasteiger partial charge in [-0.25, -0.2) is 4.79 Å². The average molecular weight is 282 g/mol. The predicted octanol–water partition coefficient (Wildman–Crippen LogP) is 2.13. The largest absolute Gasteiger partial charge is 0.481 e. The van der Waals surface area contributed by atoms with Crippen LogP contribution in [0.3, 0.4) is 0 Å². The van der Waals surface area contributed by atoms with E-state index in [1.165, 1.54) is 0 Å². The van der Waals surface area contributed by atoms with E-state index in [0.717, 1.165) is 13.0 Å². The third-order valence-corrected chi connectivity index (χ3v) is 5.04. The first-order chi connectivity index (χ1) is 9.31. The van der Waals surface area contributed by atoms with Crippen molar-refractivity contribution >= 4 is 12.0 Å². The van der Waals surface area contributed by atoms with E-state index in [4.69, 9.17) is 0 Å². The van der Waals surface area contributed by atoms with Crippen LogP contribution in [0.5, 0.6) is 0 Å². The van der Waals surface area contributed by atoms with Crippen LogP contribution in [0.25, 0.3) is 0 Å². The Morgan fingerprint density at radius 3 is 2.20 bits per heavy atom. The molecule has 0 radical (unpaired) electrons. The van der Waals surface area contributed by atoms with Crippen molar-refractivity contribution in [2.75, 3.05) is 19.6 Å². The van der Waals surface area contributed by atoms with Crippen LogP contribution >= 0.6 is 0 Å². The molecule has 2 fully saturated rings. The quantitative estimate of drug-likeness (QED) is 0.801. The zero-order chi connectivity index (χ0) is 15.0. The molecule has 0 bridgehead atoms. The number of nitrogens with zero attached hydrogens (tertiary/aromatic N) is 2. The molecule has 2 aliphatic heterocycles. The lowest BCUT2D eigenvalue weighted by molar-refractivity contribution is -0.142. The summed E-state index contributed by atoms with van der Waals surface area (Å²) in [6.45, 7) is 10.1. The molecule has 5 unspecified atom stereocenters. The summed E-state index contributed by atoms with van der Waals surface area (Å²) in [4.78, 5) is 27.5. The highest BCUT2D eigenvalue weighted by Crippen LogP contribution is 2.30. The Morgan fingerprint density at radius 1 is 1.00 bits per heavy atom. The van der Waals surface area contributed by atoms with Crippen LogP contribution in [0.1, 0.15) is 34.1 Å². The summed E-state index contributed by atoms with van der Waals surface area (Å²) >= 11 is 0. The molecule has 0 aromatic carbocycles. The molecule has 20 heavy (non-hydrogen) atoms. The zero-order valence-corrected chi connectivity index (χ0v) is 12.9. The number of rotatable bonds is 1. The Balaban J connectivity index is 2.06. The minimum absolute atomic E-state index is 0.0199. The summed E-state index contributed by atoms with van der Waals surface area (Å²) in [6, 6.07) is 0.254. The van der Waals surface area contributed by atoms with Crippen LogP contribution in [0, 0.1) is 23.7 Å². The summed E-state index contributed by atoms with van der Waals surface area (Å²) in [6.07, 6.45) is 1.15. The number of carbonyl (C=O) groups excluding carboxylic acids is 1. The smallest absolute Gasteiger partial charge is 0.320 e. The number of amides is 2. The molecule has 2 saturated heterocycles. The van der Waals surface area contributed by atoms with Gasteiger partial charge < -0.3 is 14.9 Å². The lowest BCUT2D eigenvalue weighted by atomic mass is 9.86. The number of hydrogen-bond donors (Lipinski definition) is 1. The molecule has 0 aromatic rings. The van der Waals surface area contributed by atoms with Gasteiger partial charge in [0.2, 0.25) is 0 Å². The van der Waals surface area contributed by atoms with Gasteiger partial charge in [-0.2, -0.15) is 0 Å². The van der Waals surface area contributed by atoms with Crippen LogP contribution < -0.4 is 0 Å². The molecule has 1 N–H and O–H groups in total. The molecule has 0 aromatic heterocycles. The Hall–Kier alpha value is -1.26. The number of carboxylic acid groups (broad SMARTS) is 1. The number of carboxylic acids is 1. The fourth-order valence-corrected chi connectivity index (χ4v) is 3.59. The van der Waals surface area contributed by atoms with Crippen molar-refractivity contribution in [3.63, 3.8) is 0 Å². The molecule has 2 amide bonds. The first kappa shape index (κ1) is 15.1. The summed E-state index contributed by atoms with van der Waals surface area (Å²) in [5, 5.41) is 9.18. The second kappa shape index (κ2) is 5.62. The van der Waals surface area contributed by atoms with Gasteiger partial charge in [-0.15, -0.1) is 0 Å². The highest BCUT2D eigenvalue weighted by Gasteiger charge is 2.41. The highest BCUT2D eigenvalue weighted by molar-refractivity contribution is 5.78. The Morgan fingerprint density at radius 2 is 1.65 bits per heavy atom. The number of piperidine rings is 1. The van der Waals surface area contributed by atoms with Crippen LogP contribution in [0.15, 0.2) is 0 Å². The Bertz CT molecular complexity index is 399. The second-order valence-electron chi connectivity index (χ2n) is 6.82. The topological polar surface area (TPSA) is 60.9 Å². The molecule has 114 valence electrons. The summed E-state index contributed by atoms with van der Waals surface area (Å²) in [5.41, 5.74) is 0. The van der Waals surface area contributed by atoms with Crippen molar-refractivity contribution in [3.8, 4) is 0 Å². The van der Waals surface area contributed by atoms with Crippen molar-refractivity contribution < 1.29 is 14.7 Å². The van der Waals surface area contributed by atoms with Gasteiger partial charge in [0.25, 0.3) is 0 Å². The fraction of sp³-hybridized carbons (Fsp3) is 0.867. The number of hydrogen-bond acceptors (Lipinski definition) is 2. The van der Waals surface area contributed by atoms with E-state index in [0.29, 0.717) is 24.9 Å². The lowest BCUT2D eigenvalue weighted by Gasteiger charge is -2.42. The van der Waals surface area contributed by atoms with Gasteiger partial charge in [0, 0.05) is 25.7 Å². The molecule has 0 aliphatic carbocycles. The minimum Gasteiger partial charge on any atom is -0.481 e. The maximum absolute atomic E-state index is 12.7. The molecular weight excluding hydrogens is 256 g/mol. The maximum atomic E-state index is 12.7. The number of aliphatic carboxylic acids is 1. The Labute approximate surface area is 120 Å². The van der Waals surface area contributed by atoms with Gasteiger partial charge in [0.1, 0.15) is 0 Å². The van der Waals surface area contributed by atoms with E-state index in [9.17, 15) is 14.7 Å². The van der Waals surface area contributed by atoms with E-state index in [-0.39, 0.29) is 18.0 Å². The first-order valence-corrected chi connectivity index (χ1v) is 7.59. The molecule has 2 heterocycles. The predicted molar refractivity (Wildman–Crippen MR) is 76.4 cm³/mol. The third-order valence-electron chi connectivity index (χ3n) is 5.04. The average Bonchev–Trinajstić information content (AvgIpc) is 2.75. The third kappa shape index (κ3) is 2.76. The van der Waals surface area contributed by atoms with Gasteiger partial charge in [0.05, 0.1) is 5.92 Å². The summed E-state index contributed by atoms with van der Waals surface area (Å²) in [5.74, 6) is -0.167. The van der Waals surface area contributed by atoms with Crippen molar-refractivity contribution in [1.82, 2.24) is 9.80 Å². The fourth-order valence-electron chi connectivity index (χ4n) is 3.59. The van der Waals surface area contributed by atoms with Crippen molar-refractivity contribution in [1.29, 1.82) is 0 Å². The van der Waals surface area contributed by atoms with Crippen LogP contribution in [0.2, 0.25) is 0 Å². The minimum atomic E-state index is -0.791. The van der Waals surface area contributed by atoms with Gasteiger partial charge in [-0.05, 0) is 31.1 Å². The van der Waals surface area contributed by atoms with Gasteiger partial charge in [-0.1, -0.05) is 20.8 Å². The number of carbonyl (C=O) groups is 2. The SMILES string of the molecule is CC1CC(C)C(C)N(C(=O)N2CC(C)C(C(=O)O)C2)C1. The van der Waals surface area contributed by atoms with Crippen molar-refractivity contribution in [2.45, 2.75) is 40.2 Å². The number of likely N-dealkylation sites (tertiary alicyclic amines) is 2. The standard InChI is InChI=1S/C15H26N2O3/c1-9-5-10(2)12(4)17(6-9)15(20)16-7-11(3)13(8-16)14(18)19/h9-13H,5-8H2,1-4H3,(H,18,19). The molecular formula is C15H26N2O3. The van der Waals surface area contributed by atoms with Crippen molar-refractivity contribution in [3.05, 3.63) is 0 Å². The van der Waals surface area contributed by atoms with E-state index < -0.39 is 11.9 Å². The normalized spacial score (nSPS) is 38.1. The zero-order valence-electron chi connectivity index (χ0n) is 12.9. The van der Waals surface area contributed by atoms with Gasteiger partial charge in [-0.3, -0.25) is 4.79 Å². The summed E-state index contributed by atoms with van der Waals surface area (Å²) < 4.78 is 0. The molecule has 0 saturated carbocycles. The lowest BCUT2D eigenvalue weighted by Crippen LogP contribution is -2.53. The van der Waals surface area contributed by atoms with E-state index in [1.54, 1.807) is 4.90 Å². The molecule has 0 spiro atoms.